The molecule has 0 saturated carbocycles. The number of imide groups is 1. The lowest BCUT2D eigenvalue weighted by atomic mass is 9.83. The number of hydrogen-bond acceptors (Lipinski definition) is 17. The number of hydrogen-bond donors (Lipinski definition) is 7. The minimum atomic E-state index is -1.94. The molecule has 8 N–H and O–H groups in total. The number of likely N-dealkylation sites (N-methyl/N-ethyl adjacent to an activating group) is 1. The molecule has 4 bridgehead atoms. The third-order valence-electron chi connectivity index (χ3n) is 16.2. The second kappa shape index (κ2) is 30.2. The van der Waals surface area contributed by atoms with Crippen LogP contribution in [0.5, 0.6) is 11.5 Å². The van der Waals surface area contributed by atoms with Gasteiger partial charge in [0.05, 0.1) is 43.7 Å². The van der Waals surface area contributed by atoms with Crippen LogP contribution in [0.25, 0.3) is 0 Å². The molecule has 0 spiro atoms. The average molecular weight is 1250 g/mol. The van der Waals surface area contributed by atoms with Crippen LogP contribution < -0.4 is 46.7 Å². The van der Waals surface area contributed by atoms with Crippen LogP contribution >= 0.6 is 11.6 Å². The number of carbonyl (C=O) groups is 10. The summed E-state index contributed by atoms with van der Waals surface area (Å²) in [5.74, 6) is -5.72. The number of epoxide rings is 1. The Morgan fingerprint density at radius 3 is 2.31 bits per heavy atom. The minimum absolute atomic E-state index is 0.0226. The maximum absolute atomic E-state index is 14.7. The predicted octanol–water partition coefficient (Wildman–Crippen LogP) is 4.33. The van der Waals surface area contributed by atoms with Crippen molar-refractivity contribution in [2.75, 3.05) is 58.7 Å². The number of rotatable bonds is 23. The molecular formula is C61H82ClN9O17. The zero-order chi connectivity index (χ0) is 64.9. The SMILES string of the molecule is COc1ccc(C(=O)N(C)[C@@H](C)C(=O)O[C@H]2CC(=O)N(C)c3cc(cc(OC)c3Cl)C/C(C)=C/C=C/[C@@H](OC)[C@@]3(O)C[C@H](OC(=O)N3)[C@@H](C)[C@@H]3O[C@@]23C)c(NC(=O)[C@H](CCCNC(N)=O)NC(=O)[C@@H](NC(=O)CCCCCN2C(=O)C=CC2=O)C(C)C)c1. The fraction of sp³-hybridized carbons (Fsp3) is 0.541. The normalized spacial score (nSPS) is 24.7. The molecular weight excluding hydrogens is 1170 g/mol. The molecule has 2 fully saturated rings. The molecule has 6 rings (SSSR count). The molecule has 4 heterocycles. The van der Waals surface area contributed by atoms with Gasteiger partial charge in [0.2, 0.25) is 23.6 Å². The van der Waals surface area contributed by atoms with E-state index in [4.69, 9.17) is 45.8 Å². The van der Waals surface area contributed by atoms with Gasteiger partial charge < -0.3 is 70.3 Å². The summed E-state index contributed by atoms with van der Waals surface area (Å²) in [5.41, 5.74) is 3.58. The summed E-state index contributed by atoms with van der Waals surface area (Å²) in [6, 6.07) is 3.02. The van der Waals surface area contributed by atoms with Gasteiger partial charge in [-0.25, -0.2) is 14.4 Å². The number of ether oxygens (including phenoxy) is 6. The molecule has 88 heavy (non-hydrogen) atoms. The Kier molecular flexibility index (Phi) is 23.7. The third kappa shape index (κ3) is 17.2. The lowest BCUT2D eigenvalue weighted by Crippen LogP contribution is -2.63. The molecule has 0 aromatic heterocycles. The summed E-state index contributed by atoms with van der Waals surface area (Å²) in [5, 5.41) is 25.2. The van der Waals surface area contributed by atoms with Crippen molar-refractivity contribution >= 4 is 82.4 Å². The van der Waals surface area contributed by atoms with Crippen molar-refractivity contribution in [1.29, 1.82) is 0 Å². The molecule has 480 valence electrons. The van der Waals surface area contributed by atoms with Crippen molar-refractivity contribution in [2.24, 2.45) is 17.6 Å². The van der Waals surface area contributed by atoms with Gasteiger partial charge in [-0.3, -0.25) is 43.8 Å². The van der Waals surface area contributed by atoms with E-state index in [0.717, 1.165) is 20.9 Å². The van der Waals surface area contributed by atoms with Gasteiger partial charge in [0, 0.05) is 71.3 Å². The van der Waals surface area contributed by atoms with Gasteiger partial charge in [-0.05, 0) is 88.6 Å². The van der Waals surface area contributed by atoms with Crippen molar-refractivity contribution in [3.8, 4) is 11.5 Å². The Labute approximate surface area is 516 Å². The molecule has 2 saturated heterocycles. The predicted molar refractivity (Wildman–Crippen MR) is 322 cm³/mol. The molecule has 0 unspecified atom stereocenters. The van der Waals surface area contributed by atoms with Gasteiger partial charge in [0.15, 0.2) is 5.72 Å². The number of urea groups is 1. The minimum Gasteiger partial charge on any atom is -0.497 e. The molecule has 27 heteroatoms. The van der Waals surface area contributed by atoms with Crippen molar-refractivity contribution in [3.63, 3.8) is 0 Å². The number of nitrogens with zero attached hydrogens (tertiary/aromatic N) is 3. The van der Waals surface area contributed by atoms with E-state index in [1.807, 2.05) is 13.0 Å². The number of fused-ring (bicyclic) bond motifs is 5. The first kappa shape index (κ1) is 69.0. The van der Waals surface area contributed by atoms with E-state index in [9.17, 15) is 53.1 Å². The fourth-order valence-electron chi connectivity index (χ4n) is 10.7. The lowest BCUT2D eigenvalue weighted by molar-refractivity contribution is -0.158. The largest absolute Gasteiger partial charge is 0.497 e. The zero-order valence-electron chi connectivity index (χ0n) is 51.5. The lowest BCUT2D eigenvalue weighted by Gasteiger charge is -2.42. The standard InChI is InChI=1S/C61H82ClN9O17/c1-33(2)52(67-47(72)20-13-12-14-26-71-48(73)23-24-49(71)74)55(77)65-40(18-16-25-64-58(63)80)54(76)66-41-30-38(83-9)21-22-39(41)56(78)69(7)36(5)57(79)87-46-31-50(75)70(8)42-28-37(29-43(84-10)51(42)62)27-34(3)17-15-19-45(85-11)61(82)32-44(86-59(81)68-61)35(4)53-60(46,6)88-53/h15,17,19,21-24,28-30,33,35-36,40,44-46,52-53,82H,12-14,16,18,20,25-27,31-32H2,1-11H3,(H,65,77)(H,66,76)(H,67,72)(H,68,81)(H3,63,64,80)/b19-15+,34-17+/t35-,36+,40+,44+,45-,46+,52+,53+,60+,61+/m1/s1. The van der Waals surface area contributed by atoms with E-state index < -0.39 is 132 Å². The number of alkyl carbamates (subject to hydrolysis) is 1. The van der Waals surface area contributed by atoms with Gasteiger partial charge in [0.1, 0.15) is 58.6 Å². The number of unbranched alkanes of at least 4 members (excludes halogenated alkanes) is 2. The van der Waals surface area contributed by atoms with Crippen LogP contribution in [-0.2, 0) is 58.9 Å². The van der Waals surface area contributed by atoms with Crippen LogP contribution in [0.4, 0.5) is 21.0 Å². The van der Waals surface area contributed by atoms with Crippen LogP contribution in [0.3, 0.4) is 0 Å². The molecule has 0 radical (unpaired) electrons. The Morgan fingerprint density at radius 1 is 0.955 bits per heavy atom. The fourth-order valence-corrected chi connectivity index (χ4v) is 11.1. The Balaban J connectivity index is 1.23. The van der Waals surface area contributed by atoms with Gasteiger partial charge in [-0.2, -0.15) is 0 Å². The number of anilines is 2. The van der Waals surface area contributed by atoms with Crippen molar-refractivity contribution < 1.29 is 81.5 Å². The van der Waals surface area contributed by atoms with Crippen molar-refractivity contribution in [3.05, 3.63) is 82.4 Å². The van der Waals surface area contributed by atoms with Crippen molar-refractivity contribution in [2.45, 2.75) is 153 Å². The van der Waals surface area contributed by atoms with Gasteiger partial charge >= 0.3 is 18.1 Å². The van der Waals surface area contributed by atoms with Crippen LogP contribution in [0.2, 0.25) is 5.02 Å². The van der Waals surface area contributed by atoms with Gasteiger partial charge in [-0.15, -0.1) is 0 Å². The number of methoxy groups -OCH3 is 3. The number of carbonyl (C=O) groups excluding carboxylic acids is 10. The number of allylic oxidation sites excluding steroid dienone is 3. The number of nitrogens with one attached hydrogen (secondary N) is 5. The van der Waals surface area contributed by atoms with Gasteiger partial charge in [-0.1, -0.05) is 62.6 Å². The summed E-state index contributed by atoms with van der Waals surface area (Å²) < 4.78 is 35.1. The maximum atomic E-state index is 14.7. The quantitative estimate of drug-likeness (QED) is 0.0352. The highest BCUT2D eigenvalue weighted by molar-refractivity contribution is 6.35. The molecule has 2 aromatic carbocycles. The number of primary amides is 1. The van der Waals surface area contributed by atoms with Crippen molar-refractivity contribution in [1.82, 2.24) is 31.1 Å². The van der Waals surface area contributed by atoms with Crippen LogP contribution in [-0.4, -0.2) is 177 Å². The summed E-state index contributed by atoms with van der Waals surface area (Å²) in [6.07, 6.45) is 3.60. The number of esters is 1. The Morgan fingerprint density at radius 2 is 1.66 bits per heavy atom. The Hall–Kier alpha value is -8.07. The molecule has 10 amide bonds. The zero-order valence-corrected chi connectivity index (χ0v) is 52.3. The molecule has 0 aliphatic carbocycles. The monoisotopic (exact) mass is 1250 g/mol. The highest BCUT2D eigenvalue weighted by Gasteiger charge is 2.64. The van der Waals surface area contributed by atoms with Gasteiger partial charge in [0.25, 0.3) is 17.7 Å². The summed E-state index contributed by atoms with van der Waals surface area (Å²) >= 11 is 6.87. The van der Waals surface area contributed by atoms with Crippen LogP contribution in [0, 0.1) is 11.8 Å². The summed E-state index contributed by atoms with van der Waals surface area (Å²) in [4.78, 5) is 138. The topological polar surface area (TPSA) is 345 Å². The van der Waals surface area contributed by atoms with E-state index in [2.05, 4.69) is 26.6 Å². The number of halogens is 1. The average Bonchev–Trinajstić information content (AvgIpc) is 1.79. The van der Waals surface area contributed by atoms with E-state index in [-0.39, 0.29) is 66.5 Å². The molecule has 4 aliphatic heterocycles. The van der Waals surface area contributed by atoms with E-state index in [1.165, 1.54) is 77.6 Å². The molecule has 10 atom stereocenters. The highest BCUT2D eigenvalue weighted by atomic mass is 35.5. The number of nitrogens with two attached hydrogens (primary N) is 1. The van der Waals surface area contributed by atoms with E-state index in [1.54, 1.807) is 52.0 Å². The highest BCUT2D eigenvalue weighted by Crippen LogP contribution is 2.49. The number of benzene rings is 2. The second-order valence-electron chi connectivity index (χ2n) is 23.0. The number of amides is 10. The second-order valence-corrected chi connectivity index (χ2v) is 23.3. The third-order valence-corrected chi connectivity index (χ3v) is 16.6. The smallest absolute Gasteiger partial charge is 0.409 e. The molecule has 26 nitrogen and oxygen atoms in total. The van der Waals surface area contributed by atoms with Crippen LogP contribution in [0.1, 0.15) is 109 Å². The summed E-state index contributed by atoms with van der Waals surface area (Å²) in [6.45, 7) is 10.3. The van der Waals surface area contributed by atoms with E-state index >= 15 is 0 Å². The maximum Gasteiger partial charge on any atom is 0.409 e. The first-order chi connectivity index (χ1) is 41.5. The summed E-state index contributed by atoms with van der Waals surface area (Å²) in [7, 11) is 7.03. The van der Waals surface area contributed by atoms with Crippen LogP contribution in [0.15, 0.2) is 66.3 Å². The number of aliphatic hydroxyl groups is 1. The first-order valence-corrected chi connectivity index (χ1v) is 29.5. The molecule has 4 aliphatic rings. The molecule has 2 aromatic rings. The van der Waals surface area contributed by atoms with E-state index in [0.29, 0.717) is 31.4 Å². The first-order valence-electron chi connectivity index (χ1n) is 29.1. The Bertz CT molecular complexity index is 3060.